The van der Waals surface area contributed by atoms with Crippen molar-refractivity contribution in [3.8, 4) is 0 Å². The van der Waals surface area contributed by atoms with Gasteiger partial charge in [0.05, 0.1) is 6.61 Å². The molecule has 13 nitrogen and oxygen atoms in total. The van der Waals surface area contributed by atoms with Crippen molar-refractivity contribution in [1.82, 2.24) is 0 Å². The van der Waals surface area contributed by atoms with Crippen LogP contribution in [0.5, 0.6) is 0 Å². The first-order valence-corrected chi connectivity index (χ1v) is 21.2. The van der Waals surface area contributed by atoms with Crippen LogP contribution in [0.4, 0.5) is 0 Å². The van der Waals surface area contributed by atoms with Gasteiger partial charge < -0.3 is 39.9 Å². The summed E-state index contributed by atoms with van der Waals surface area (Å²) in [4.78, 5) is 35.3. The topological polar surface area (TPSA) is 210 Å². The third kappa shape index (κ3) is 24.5. The predicted octanol–water partition coefficient (Wildman–Crippen LogP) is 6.38. The monoisotopic (exact) mass is 798 g/mol. The summed E-state index contributed by atoms with van der Waals surface area (Å²) in [6.07, 6.45) is 24.5. The molecule has 14 heteroatoms. The molecule has 55 heavy (non-hydrogen) atoms. The molecule has 0 aromatic heterocycles. The predicted molar refractivity (Wildman–Crippen MR) is 212 cm³/mol. The molecule has 0 heterocycles. The van der Waals surface area contributed by atoms with Gasteiger partial charge in [0.2, 0.25) is 0 Å². The zero-order valence-electron chi connectivity index (χ0n) is 32.7. The van der Waals surface area contributed by atoms with E-state index < -0.39 is 75.7 Å². The summed E-state index contributed by atoms with van der Waals surface area (Å²) in [7, 11) is -5.13. The molecule has 1 fully saturated rings. The second-order valence-electron chi connectivity index (χ2n) is 13.4. The number of phosphoric acid groups is 1. The van der Waals surface area contributed by atoms with Gasteiger partial charge in [0.1, 0.15) is 43.2 Å². The molecule has 314 valence electrons. The van der Waals surface area contributed by atoms with Gasteiger partial charge in [0.25, 0.3) is 0 Å². The summed E-state index contributed by atoms with van der Waals surface area (Å²) >= 11 is 0. The number of rotatable bonds is 30. The van der Waals surface area contributed by atoms with Crippen molar-refractivity contribution < 1.29 is 63.1 Å². The van der Waals surface area contributed by atoms with Crippen LogP contribution in [-0.2, 0) is 32.7 Å². The summed E-state index contributed by atoms with van der Waals surface area (Å²) in [5.41, 5.74) is 0. The van der Waals surface area contributed by atoms with Gasteiger partial charge in [-0.05, 0) is 51.4 Å². The molecule has 0 saturated heterocycles. The number of aliphatic hydroxyl groups is 5. The number of allylic oxidation sites excluding steroid dienone is 12. The smallest absolute Gasteiger partial charge is 0.462 e. The molecule has 1 rings (SSSR count). The highest BCUT2D eigenvalue weighted by Crippen LogP contribution is 2.47. The highest BCUT2D eigenvalue weighted by molar-refractivity contribution is 7.47. The van der Waals surface area contributed by atoms with E-state index in [0.717, 1.165) is 64.2 Å². The lowest BCUT2D eigenvalue weighted by Crippen LogP contribution is -2.64. The Labute approximate surface area is 327 Å². The van der Waals surface area contributed by atoms with Crippen LogP contribution in [0, 0.1) is 0 Å². The maximum atomic E-state index is 12.7. The normalized spacial score (nSPS) is 23.9. The Balaban J connectivity index is 2.56. The average molecular weight is 799 g/mol. The molecule has 1 aliphatic carbocycles. The number of aliphatic hydroxyl groups excluding tert-OH is 5. The molecule has 0 radical (unpaired) electrons. The number of ether oxygens (including phenoxy) is 2. The van der Waals surface area contributed by atoms with Crippen molar-refractivity contribution in [2.45, 2.75) is 159 Å². The van der Waals surface area contributed by atoms with E-state index in [1.54, 1.807) is 0 Å². The summed E-state index contributed by atoms with van der Waals surface area (Å²) in [6, 6.07) is 0. The fourth-order valence-corrected chi connectivity index (χ4v) is 6.34. The summed E-state index contributed by atoms with van der Waals surface area (Å²) in [6.45, 7) is 3.02. The lowest BCUT2D eigenvalue weighted by atomic mass is 9.85. The number of phosphoric ester groups is 1. The van der Waals surface area contributed by atoms with Gasteiger partial charge in [-0.15, -0.1) is 0 Å². The Kier molecular flexibility index (Phi) is 28.7. The molecular formula is C41H67O13P. The summed E-state index contributed by atoms with van der Waals surface area (Å²) < 4.78 is 33.2. The molecule has 1 aliphatic rings. The molecule has 0 aromatic rings. The molecule has 6 unspecified atom stereocenters. The number of hydrogen-bond donors (Lipinski definition) is 6. The molecular weight excluding hydrogens is 731 g/mol. The first kappa shape index (κ1) is 50.3. The highest BCUT2D eigenvalue weighted by Gasteiger charge is 2.51. The van der Waals surface area contributed by atoms with Crippen molar-refractivity contribution in [3.63, 3.8) is 0 Å². The van der Waals surface area contributed by atoms with Crippen LogP contribution in [0.3, 0.4) is 0 Å². The summed E-state index contributed by atoms with van der Waals surface area (Å²) in [5, 5.41) is 49.9. The number of carbonyl (C=O) groups is 2. The van der Waals surface area contributed by atoms with E-state index in [4.69, 9.17) is 18.5 Å². The third-order valence-corrected chi connectivity index (χ3v) is 9.56. The van der Waals surface area contributed by atoms with Crippen LogP contribution >= 0.6 is 7.82 Å². The van der Waals surface area contributed by atoms with Gasteiger partial charge in [-0.25, -0.2) is 4.57 Å². The lowest BCUT2D eigenvalue weighted by molar-refractivity contribution is -0.220. The molecule has 6 N–H and O–H groups in total. The maximum Gasteiger partial charge on any atom is 0.472 e. The molecule has 0 aromatic carbocycles. The number of carbonyl (C=O) groups excluding carboxylic acids is 2. The molecule has 0 bridgehead atoms. The van der Waals surface area contributed by atoms with Gasteiger partial charge in [-0.1, -0.05) is 125 Å². The minimum atomic E-state index is -5.13. The van der Waals surface area contributed by atoms with Crippen molar-refractivity contribution in [1.29, 1.82) is 0 Å². The number of esters is 2. The molecule has 0 aliphatic heterocycles. The van der Waals surface area contributed by atoms with Crippen LogP contribution < -0.4 is 0 Å². The van der Waals surface area contributed by atoms with Crippen LogP contribution in [0.2, 0.25) is 0 Å². The molecule has 8 atom stereocenters. The number of unbranched alkanes of at least 4 members (excludes halogenated alkanes) is 6. The fourth-order valence-electron chi connectivity index (χ4n) is 5.37. The van der Waals surface area contributed by atoms with Gasteiger partial charge in [0.15, 0.2) is 6.10 Å². The third-order valence-electron chi connectivity index (χ3n) is 8.58. The largest absolute Gasteiger partial charge is 0.472 e. The van der Waals surface area contributed by atoms with E-state index in [1.165, 1.54) is 6.42 Å². The van der Waals surface area contributed by atoms with E-state index in [0.29, 0.717) is 19.3 Å². The zero-order valence-corrected chi connectivity index (χ0v) is 33.6. The quantitative estimate of drug-likeness (QED) is 0.0202. The Morgan fingerprint density at radius 2 is 1.04 bits per heavy atom. The van der Waals surface area contributed by atoms with Gasteiger partial charge in [0, 0.05) is 12.8 Å². The van der Waals surface area contributed by atoms with Crippen molar-refractivity contribution in [2.24, 2.45) is 0 Å². The van der Waals surface area contributed by atoms with Gasteiger partial charge in [-0.2, -0.15) is 0 Å². The second kappa shape index (κ2) is 31.4. The van der Waals surface area contributed by atoms with E-state index in [1.807, 2.05) is 18.2 Å². The van der Waals surface area contributed by atoms with E-state index in [9.17, 15) is 44.6 Å². The second-order valence-corrected chi connectivity index (χ2v) is 14.8. The van der Waals surface area contributed by atoms with E-state index >= 15 is 0 Å². The first-order chi connectivity index (χ1) is 26.4. The van der Waals surface area contributed by atoms with Crippen LogP contribution in [-0.4, -0.2) is 98.3 Å². The van der Waals surface area contributed by atoms with Crippen LogP contribution in [0.1, 0.15) is 117 Å². The Morgan fingerprint density at radius 3 is 1.55 bits per heavy atom. The molecule has 1 saturated carbocycles. The van der Waals surface area contributed by atoms with Gasteiger partial charge >= 0.3 is 19.8 Å². The van der Waals surface area contributed by atoms with Crippen LogP contribution in [0.25, 0.3) is 0 Å². The lowest BCUT2D eigenvalue weighted by Gasteiger charge is -2.41. The Bertz CT molecular complexity index is 1240. The average Bonchev–Trinajstić information content (AvgIpc) is 3.16. The zero-order chi connectivity index (χ0) is 40.7. The number of hydrogen-bond acceptors (Lipinski definition) is 12. The minimum absolute atomic E-state index is 0.0313. The standard InChI is InChI=1S/C41H67O13P/c1-3-5-7-9-11-12-13-14-15-16-17-18-19-20-21-22-24-26-28-30-35(43)53-33(31-51-34(42)29-27-25-23-10-8-6-4-2)32-52-55(49,50)54-41-39(47)37(45)36(44)38(46)40(41)48/h5,7,11-12,14-15,17-18,20-21,24,26,33,36-41,44-48H,3-4,6,8-10,13,16,19,22-23,25,27-32H2,1-2H3,(H,49,50)/b7-5+,12-11+,15-14+,18-17+,21-20+,26-24+/t33-,36?,37-,38?,39?,40?,41?/m1/s1. The summed E-state index contributed by atoms with van der Waals surface area (Å²) in [5.74, 6) is -1.21. The fraction of sp³-hybridized carbons (Fsp3) is 0.659. The Morgan fingerprint density at radius 1 is 0.582 bits per heavy atom. The molecule has 0 spiro atoms. The van der Waals surface area contributed by atoms with E-state index in [-0.39, 0.29) is 12.8 Å². The molecule has 0 amide bonds. The van der Waals surface area contributed by atoms with Crippen molar-refractivity contribution in [2.75, 3.05) is 13.2 Å². The Hall–Kier alpha value is -2.71. The highest BCUT2D eigenvalue weighted by atomic mass is 31.2. The maximum absolute atomic E-state index is 12.7. The first-order valence-electron chi connectivity index (χ1n) is 19.7. The SMILES string of the molecule is CC/C=C/C/C=C/C/C=C/C/C=C/C/C=C/C/C=C/CCC(=O)O[C@H](COC(=O)CCCCCCCCC)COP(=O)(O)OC1C(O)C(O)C(O)[C@@H](O)C1O. The van der Waals surface area contributed by atoms with Gasteiger partial charge in [-0.3, -0.25) is 18.6 Å². The minimum Gasteiger partial charge on any atom is -0.462 e. The van der Waals surface area contributed by atoms with Crippen LogP contribution in [0.15, 0.2) is 72.9 Å². The van der Waals surface area contributed by atoms with E-state index in [2.05, 4.69) is 68.5 Å². The van der Waals surface area contributed by atoms with Crippen molar-refractivity contribution in [3.05, 3.63) is 72.9 Å². The van der Waals surface area contributed by atoms with Crippen molar-refractivity contribution >= 4 is 19.8 Å².